The van der Waals surface area contributed by atoms with Crippen molar-refractivity contribution in [2.24, 2.45) is 0 Å². The monoisotopic (exact) mass is 376 g/mol. The van der Waals surface area contributed by atoms with E-state index in [2.05, 4.69) is 13.8 Å². The van der Waals surface area contributed by atoms with Gasteiger partial charge in [-0.3, -0.25) is 0 Å². The molecule has 77 valence electrons. The van der Waals surface area contributed by atoms with Crippen molar-refractivity contribution in [3.05, 3.63) is 14.9 Å². The van der Waals surface area contributed by atoms with Crippen LogP contribution in [-0.2, 0) is 47.6 Å². The first-order valence-corrected chi connectivity index (χ1v) is 3.72. The quantitative estimate of drug-likeness (QED) is 0.419. The van der Waals surface area contributed by atoms with Crippen LogP contribution in [0.25, 0.3) is 0 Å². The first-order chi connectivity index (χ1) is 3.72. The maximum Gasteiger partial charge on any atom is 0 e. The summed E-state index contributed by atoms with van der Waals surface area (Å²) in [6.07, 6.45) is 0. The van der Waals surface area contributed by atoms with Crippen LogP contribution >= 0.6 is 0 Å². The summed E-state index contributed by atoms with van der Waals surface area (Å²) in [7, 11) is 0. The van der Waals surface area contributed by atoms with E-state index in [1.807, 2.05) is 4.90 Å². The van der Waals surface area contributed by atoms with Gasteiger partial charge >= 0.3 is 0 Å². The summed E-state index contributed by atoms with van der Waals surface area (Å²) in [6, 6.07) is 0. The van der Waals surface area contributed by atoms with Crippen LogP contribution in [0.1, 0.15) is 13.8 Å². The van der Waals surface area contributed by atoms with Crippen LogP contribution in [0.5, 0.6) is 0 Å². The second kappa shape index (κ2) is 14.0. The summed E-state index contributed by atoms with van der Waals surface area (Å²) in [6.45, 7) is 6.06. The van der Waals surface area contributed by atoms with Crippen LogP contribution in [-0.4, -0.2) is 22.7 Å². The molecule has 0 saturated heterocycles. The molecule has 0 aliphatic rings. The summed E-state index contributed by atoms with van der Waals surface area (Å²) in [4.78, 5) is 2.05. The number of rotatable bonds is 3. The van der Waals surface area contributed by atoms with Crippen LogP contribution in [0.3, 0.4) is 0 Å². The minimum atomic E-state index is -0.120. The van der Waals surface area contributed by atoms with Crippen molar-refractivity contribution in [2.45, 2.75) is 18.6 Å². The Bertz CT molecular complexity index is 58.4. The second-order valence-electron chi connectivity index (χ2n) is 1.53. The van der Waals surface area contributed by atoms with Crippen molar-refractivity contribution in [1.82, 2.24) is 4.90 Å². The minimum Gasteiger partial charge on any atom is -0.800 e. The number of nitrogens with zero attached hydrogens (tertiary/aromatic N) is 1. The van der Waals surface area contributed by atoms with Crippen LogP contribution < -0.4 is 0 Å². The summed E-state index contributed by atoms with van der Waals surface area (Å²) >= 11 is 9.68. The van der Waals surface area contributed by atoms with Crippen molar-refractivity contribution < 1.29 is 22.4 Å². The van der Waals surface area contributed by atoms with Gasteiger partial charge in [0.05, 0.1) is 0 Å². The van der Waals surface area contributed by atoms with Crippen molar-refractivity contribution >= 4 is 25.3 Å². The van der Waals surface area contributed by atoms with Gasteiger partial charge in [-0.05, 0) is 13.1 Å². The molecule has 0 aromatic rings. The van der Waals surface area contributed by atoms with Crippen molar-refractivity contribution in [3.8, 4) is 0 Å². The van der Waals surface area contributed by atoms with Gasteiger partial charge in [-0.2, -0.15) is 0 Å². The molecule has 0 bridgehead atoms. The molecule has 0 saturated carbocycles. The standard InChI is InChI=1S/C5H13NS2.2CH3.Au/c1-3-6(4-2)5(7)8;;;/h5,7-8H,3-4H2,1-2H3;2*1H3;/q;2*-1;/p-2. The first kappa shape index (κ1) is 22.8. The Morgan fingerprint density at radius 3 is 1.36 bits per heavy atom. The van der Waals surface area contributed by atoms with Crippen LogP contribution in [0.4, 0.5) is 0 Å². The molecule has 0 spiro atoms. The van der Waals surface area contributed by atoms with E-state index < -0.39 is 0 Å². The molecular weight excluding hydrogens is 359 g/mol. The molecule has 0 fully saturated rings. The third kappa shape index (κ3) is 11.4. The molecule has 0 unspecified atom stereocenters. The van der Waals surface area contributed by atoms with Crippen molar-refractivity contribution in [2.75, 3.05) is 13.1 Å². The fourth-order valence-electron chi connectivity index (χ4n) is 0.522. The fraction of sp³-hybridized carbons (Fsp3) is 0.714. The summed E-state index contributed by atoms with van der Waals surface area (Å²) in [5.41, 5.74) is 0. The molecular formula is C7H17AuNS2-4. The molecule has 1 nitrogen and oxygen atoms in total. The summed E-state index contributed by atoms with van der Waals surface area (Å²) in [5.74, 6) is 0. The van der Waals surface area contributed by atoms with E-state index in [1.165, 1.54) is 0 Å². The Hall–Kier alpha value is 1.40. The zero-order valence-corrected chi connectivity index (χ0v) is 11.4. The van der Waals surface area contributed by atoms with Gasteiger partial charge in [0.1, 0.15) is 0 Å². The predicted octanol–water partition coefficient (Wildman–Crippen LogP) is 1.60. The second-order valence-corrected chi connectivity index (χ2v) is 2.72. The zero-order chi connectivity index (χ0) is 6.57. The van der Waals surface area contributed by atoms with E-state index in [0.717, 1.165) is 13.1 Å². The van der Waals surface area contributed by atoms with E-state index in [9.17, 15) is 0 Å². The molecule has 4 heteroatoms. The average molecular weight is 376 g/mol. The smallest absolute Gasteiger partial charge is 0 e. The van der Waals surface area contributed by atoms with Crippen LogP contribution in [0, 0.1) is 14.9 Å². The Balaban J connectivity index is -0.0000000817. The molecule has 1 radical (unpaired) electrons. The van der Waals surface area contributed by atoms with Gasteiger partial charge in [-0.25, -0.2) is 4.71 Å². The van der Waals surface area contributed by atoms with E-state index in [-0.39, 0.29) is 41.9 Å². The fourth-order valence-corrected chi connectivity index (χ4v) is 1.12. The zero-order valence-electron chi connectivity index (χ0n) is 7.56. The van der Waals surface area contributed by atoms with Gasteiger partial charge in [-0.15, -0.1) is 0 Å². The molecule has 0 aromatic heterocycles. The Morgan fingerprint density at radius 1 is 1.09 bits per heavy atom. The predicted molar refractivity (Wildman–Crippen MR) is 54.3 cm³/mol. The van der Waals surface area contributed by atoms with Gasteiger partial charge < -0.3 is 45.0 Å². The summed E-state index contributed by atoms with van der Waals surface area (Å²) in [5, 5.41) is 0. The summed E-state index contributed by atoms with van der Waals surface area (Å²) < 4.78 is -0.120. The van der Waals surface area contributed by atoms with Gasteiger partial charge in [0.15, 0.2) is 0 Å². The molecule has 0 aliphatic heterocycles. The van der Waals surface area contributed by atoms with Crippen LogP contribution in [0.2, 0.25) is 0 Å². The number of hydrogen-bond donors (Lipinski definition) is 0. The van der Waals surface area contributed by atoms with Gasteiger partial charge in [0, 0.05) is 22.4 Å². The Kier molecular flexibility index (Phi) is 29.0. The topological polar surface area (TPSA) is 3.24 Å². The first-order valence-electron chi connectivity index (χ1n) is 2.78. The Labute approximate surface area is 98.6 Å². The minimum absolute atomic E-state index is 0. The van der Waals surface area contributed by atoms with Gasteiger partial charge in [-0.1, -0.05) is 13.8 Å². The van der Waals surface area contributed by atoms with Crippen molar-refractivity contribution in [1.29, 1.82) is 0 Å². The largest absolute Gasteiger partial charge is 0.800 e. The molecule has 0 N–H and O–H groups in total. The molecule has 0 heterocycles. The molecule has 0 aliphatic carbocycles. The SMILES string of the molecule is CCN(CC)C([S-])[S-].[Au].[CH3-].[CH3-]. The number of hydrogen-bond acceptors (Lipinski definition) is 3. The van der Waals surface area contributed by atoms with E-state index in [0.29, 0.717) is 0 Å². The maximum atomic E-state index is 4.84. The van der Waals surface area contributed by atoms with E-state index in [4.69, 9.17) is 25.3 Å². The Morgan fingerprint density at radius 2 is 1.36 bits per heavy atom. The molecule has 0 rings (SSSR count). The van der Waals surface area contributed by atoms with Gasteiger partial charge in [0.25, 0.3) is 0 Å². The van der Waals surface area contributed by atoms with Crippen molar-refractivity contribution in [3.63, 3.8) is 0 Å². The normalized spacial score (nSPS) is 8.18. The van der Waals surface area contributed by atoms with E-state index >= 15 is 0 Å². The molecule has 0 aromatic carbocycles. The molecule has 0 atom stereocenters. The average Bonchev–Trinajstić information content (AvgIpc) is 1.69. The third-order valence-electron chi connectivity index (χ3n) is 1.11. The van der Waals surface area contributed by atoms with E-state index in [1.54, 1.807) is 0 Å². The van der Waals surface area contributed by atoms with Crippen LogP contribution in [0.15, 0.2) is 0 Å². The molecule has 0 amide bonds. The third-order valence-corrected chi connectivity index (χ3v) is 1.71. The molecule has 11 heavy (non-hydrogen) atoms. The van der Waals surface area contributed by atoms with Gasteiger partial charge in [0.2, 0.25) is 0 Å². The maximum absolute atomic E-state index is 4.84.